The van der Waals surface area contributed by atoms with Crippen LogP contribution in [0.25, 0.3) is 0 Å². The van der Waals surface area contributed by atoms with Crippen LogP contribution in [0.2, 0.25) is 0 Å². The highest BCUT2D eigenvalue weighted by Gasteiger charge is 2.31. The summed E-state index contributed by atoms with van der Waals surface area (Å²) in [6.45, 7) is 1.09. The molecule has 1 aromatic carbocycles. The predicted octanol–water partition coefficient (Wildman–Crippen LogP) is 1.24. The van der Waals surface area contributed by atoms with Gasteiger partial charge in [0, 0.05) is 19.6 Å². The Morgan fingerprint density at radius 1 is 1.06 bits per heavy atom. The second-order valence-corrected chi connectivity index (χ2v) is 4.52. The maximum atomic E-state index is 12.4. The molecule has 18 heavy (non-hydrogen) atoms. The van der Waals surface area contributed by atoms with Gasteiger partial charge < -0.3 is 10.2 Å². The molecule has 1 saturated heterocycles. The van der Waals surface area contributed by atoms with Gasteiger partial charge in [-0.3, -0.25) is 4.90 Å². The van der Waals surface area contributed by atoms with Crippen molar-refractivity contribution in [1.82, 2.24) is 4.90 Å². The molecule has 0 aromatic heterocycles. The number of alkyl halides is 3. The minimum absolute atomic E-state index is 0.336. The molecule has 1 aliphatic heterocycles. The number of hydrogen-bond acceptors (Lipinski definition) is 3. The number of aliphatic hydroxyl groups is 2. The largest absolute Gasteiger partial charge is 0.416 e. The summed E-state index contributed by atoms with van der Waals surface area (Å²) in [4.78, 5) is 1.80. The molecular formula is C12H14F3NO2. The van der Waals surface area contributed by atoms with Crippen molar-refractivity contribution in [2.75, 3.05) is 13.1 Å². The highest BCUT2D eigenvalue weighted by molar-refractivity contribution is 5.24. The topological polar surface area (TPSA) is 43.7 Å². The number of rotatable bonds is 2. The second kappa shape index (κ2) is 4.87. The molecule has 0 radical (unpaired) electrons. The first-order valence-electron chi connectivity index (χ1n) is 5.61. The molecule has 3 nitrogen and oxygen atoms in total. The minimum atomic E-state index is -4.32. The van der Waals surface area contributed by atoms with Gasteiger partial charge >= 0.3 is 6.18 Å². The maximum Gasteiger partial charge on any atom is 0.416 e. The number of β-amino-alcohol motifs (C(OH)–C–C–N with tert-alkyl or cyclic N) is 2. The summed E-state index contributed by atoms with van der Waals surface area (Å²) in [5.74, 6) is 0. The molecule has 1 aliphatic rings. The van der Waals surface area contributed by atoms with Gasteiger partial charge in [0.15, 0.2) is 0 Å². The van der Waals surface area contributed by atoms with Crippen molar-refractivity contribution < 1.29 is 23.4 Å². The average molecular weight is 261 g/mol. The molecule has 0 bridgehead atoms. The van der Waals surface area contributed by atoms with Crippen molar-refractivity contribution in [2.45, 2.75) is 24.9 Å². The average Bonchev–Trinajstić information content (AvgIpc) is 2.57. The Labute approximate surface area is 102 Å². The lowest BCUT2D eigenvalue weighted by Crippen LogP contribution is -2.22. The van der Waals surface area contributed by atoms with Crippen LogP contribution in [0.1, 0.15) is 11.1 Å². The second-order valence-electron chi connectivity index (χ2n) is 4.52. The van der Waals surface area contributed by atoms with Gasteiger partial charge in [-0.05, 0) is 17.7 Å². The van der Waals surface area contributed by atoms with Crippen LogP contribution < -0.4 is 0 Å². The molecule has 2 N–H and O–H groups in total. The monoisotopic (exact) mass is 261 g/mol. The van der Waals surface area contributed by atoms with Crippen molar-refractivity contribution in [1.29, 1.82) is 0 Å². The first-order valence-corrected chi connectivity index (χ1v) is 5.61. The number of likely N-dealkylation sites (tertiary alicyclic amines) is 1. The smallest absolute Gasteiger partial charge is 0.389 e. The zero-order valence-electron chi connectivity index (χ0n) is 9.56. The molecular weight excluding hydrogens is 247 g/mol. The Balaban J connectivity index is 1.99. The molecule has 0 spiro atoms. The fourth-order valence-corrected chi connectivity index (χ4v) is 2.03. The van der Waals surface area contributed by atoms with Gasteiger partial charge in [-0.1, -0.05) is 12.1 Å². The highest BCUT2D eigenvalue weighted by atomic mass is 19.4. The number of halogens is 3. The summed E-state index contributed by atoms with van der Waals surface area (Å²) in [6.07, 6.45) is -5.88. The van der Waals surface area contributed by atoms with E-state index in [9.17, 15) is 23.4 Å². The number of benzene rings is 1. The van der Waals surface area contributed by atoms with Crippen LogP contribution in [0, 0.1) is 0 Å². The molecule has 0 amide bonds. The fourth-order valence-electron chi connectivity index (χ4n) is 2.03. The molecule has 2 atom stereocenters. The Bertz CT molecular complexity index is 395. The summed E-state index contributed by atoms with van der Waals surface area (Å²) in [6, 6.07) is 4.91. The van der Waals surface area contributed by atoms with Crippen molar-refractivity contribution >= 4 is 0 Å². The van der Waals surface area contributed by atoms with Gasteiger partial charge in [0.05, 0.1) is 17.8 Å². The van der Waals surface area contributed by atoms with E-state index in [0.717, 1.165) is 17.7 Å². The quantitative estimate of drug-likeness (QED) is 0.842. The van der Waals surface area contributed by atoms with Crippen LogP contribution in [0.4, 0.5) is 13.2 Å². The van der Waals surface area contributed by atoms with Crippen LogP contribution in [0.15, 0.2) is 24.3 Å². The summed E-state index contributed by atoms with van der Waals surface area (Å²) in [5, 5.41) is 18.7. The van der Waals surface area contributed by atoms with Gasteiger partial charge in [0.1, 0.15) is 0 Å². The normalized spacial score (nSPS) is 25.6. The van der Waals surface area contributed by atoms with E-state index in [1.165, 1.54) is 12.1 Å². The zero-order chi connectivity index (χ0) is 13.3. The fraction of sp³-hybridized carbons (Fsp3) is 0.500. The van der Waals surface area contributed by atoms with Crippen LogP contribution in [0.5, 0.6) is 0 Å². The first kappa shape index (κ1) is 13.3. The van der Waals surface area contributed by atoms with Crippen molar-refractivity contribution in [3.05, 3.63) is 35.4 Å². The molecule has 6 heteroatoms. The first-order chi connectivity index (χ1) is 8.36. The van der Waals surface area contributed by atoms with Crippen LogP contribution in [-0.2, 0) is 12.7 Å². The summed E-state index contributed by atoms with van der Waals surface area (Å²) >= 11 is 0. The summed E-state index contributed by atoms with van der Waals surface area (Å²) < 4.78 is 37.1. The molecule has 100 valence electrons. The van der Waals surface area contributed by atoms with Gasteiger partial charge in [-0.2, -0.15) is 13.2 Å². The van der Waals surface area contributed by atoms with Gasteiger partial charge in [0.25, 0.3) is 0 Å². The lowest BCUT2D eigenvalue weighted by molar-refractivity contribution is -0.137. The van der Waals surface area contributed by atoms with Crippen LogP contribution >= 0.6 is 0 Å². The number of nitrogens with zero attached hydrogens (tertiary/aromatic N) is 1. The van der Waals surface area contributed by atoms with Crippen molar-refractivity contribution in [3.63, 3.8) is 0 Å². The Kier molecular flexibility index (Phi) is 3.61. The van der Waals surface area contributed by atoms with Gasteiger partial charge in [0.2, 0.25) is 0 Å². The number of aliphatic hydroxyl groups excluding tert-OH is 2. The third-order valence-corrected chi connectivity index (χ3v) is 3.02. The Morgan fingerprint density at radius 3 is 2.00 bits per heavy atom. The predicted molar refractivity (Wildman–Crippen MR) is 58.7 cm³/mol. The van der Waals surface area contributed by atoms with E-state index in [0.29, 0.717) is 19.6 Å². The zero-order valence-corrected chi connectivity index (χ0v) is 9.56. The molecule has 2 unspecified atom stereocenters. The summed E-state index contributed by atoms with van der Waals surface area (Å²) in [7, 11) is 0. The van der Waals surface area contributed by atoms with Crippen LogP contribution in [0.3, 0.4) is 0 Å². The van der Waals surface area contributed by atoms with E-state index >= 15 is 0 Å². The Hall–Kier alpha value is -1.11. The minimum Gasteiger partial charge on any atom is -0.389 e. The third-order valence-electron chi connectivity index (χ3n) is 3.02. The van der Waals surface area contributed by atoms with E-state index in [2.05, 4.69) is 0 Å². The van der Waals surface area contributed by atoms with E-state index in [1.54, 1.807) is 4.90 Å². The van der Waals surface area contributed by atoms with Crippen LogP contribution in [-0.4, -0.2) is 40.4 Å². The third kappa shape index (κ3) is 3.01. The standard InChI is InChI=1S/C12H14F3NO2/c13-12(14,15)9-3-1-8(2-4-9)5-16-6-10(17)11(18)7-16/h1-4,10-11,17-18H,5-7H2. The lowest BCUT2D eigenvalue weighted by atomic mass is 10.1. The Morgan fingerprint density at radius 2 is 1.56 bits per heavy atom. The lowest BCUT2D eigenvalue weighted by Gasteiger charge is -2.15. The molecule has 2 rings (SSSR count). The maximum absolute atomic E-state index is 12.4. The summed E-state index contributed by atoms with van der Waals surface area (Å²) in [5.41, 5.74) is 0.0528. The van der Waals surface area contributed by atoms with E-state index in [4.69, 9.17) is 0 Å². The van der Waals surface area contributed by atoms with E-state index in [-0.39, 0.29) is 0 Å². The highest BCUT2D eigenvalue weighted by Crippen LogP contribution is 2.29. The van der Waals surface area contributed by atoms with Crippen molar-refractivity contribution in [2.24, 2.45) is 0 Å². The number of hydrogen-bond donors (Lipinski definition) is 2. The van der Waals surface area contributed by atoms with E-state index < -0.39 is 23.9 Å². The molecule has 1 aromatic rings. The molecule has 1 fully saturated rings. The van der Waals surface area contributed by atoms with Crippen molar-refractivity contribution in [3.8, 4) is 0 Å². The van der Waals surface area contributed by atoms with Gasteiger partial charge in [-0.25, -0.2) is 0 Å². The molecule has 0 saturated carbocycles. The van der Waals surface area contributed by atoms with Gasteiger partial charge in [-0.15, -0.1) is 0 Å². The molecule has 1 heterocycles. The SMILES string of the molecule is OC1CN(Cc2ccc(C(F)(F)F)cc2)CC1O. The molecule has 0 aliphatic carbocycles. The van der Waals surface area contributed by atoms with E-state index in [1.807, 2.05) is 0 Å².